The van der Waals surface area contributed by atoms with Crippen molar-refractivity contribution in [1.82, 2.24) is 4.98 Å². The van der Waals surface area contributed by atoms with Crippen molar-refractivity contribution in [1.29, 1.82) is 0 Å². The molecule has 0 unspecified atom stereocenters. The summed E-state index contributed by atoms with van der Waals surface area (Å²) in [5.41, 5.74) is 5.41. The number of benzene rings is 3. The van der Waals surface area contributed by atoms with Crippen LogP contribution in [-0.2, 0) is 0 Å². The number of fused-ring (bicyclic) bond motifs is 1. The van der Waals surface area contributed by atoms with Crippen molar-refractivity contribution in [2.75, 3.05) is 0 Å². The SMILES string of the molecule is Cc1ccc2[nH]c(-c3ccccc3-c3ccccc3)c(F)c2c1. The Morgan fingerprint density at radius 2 is 1.48 bits per heavy atom. The number of nitrogens with one attached hydrogen (secondary N) is 1. The van der Waals surface area contributed by atoms with E-state index >= 15 is 0 Å². The van der Waals surface area contributed by atoms with Crippen LogP contribution >= 0.6 is 0 Å². The highest BCUT2D eigenvalue weighted by Gasteiger charge is 2.16. The number of aromatic nitrogens is 1. The molecule has 0 spiro atoms. The van der Waals surface area contributed by atoms with E-state index in [1.165, 1.54) is 0 Å². The Hall–Kier alpha value is -2.87. The molecule has 0 saturated heterocycles. The van der Waals surface area contributed by atoms with Gasteiger partial charge in [0, 0.05) is 16.5 Å². The first kappa shape index (κ1) is 13.8. The summed E-state index contributed by atoms with van der Waals surface area (Å²) >= 11 is 0. The van der Waals surface area contributed by atoms with Gasteiger partial charge in [-0.15, -0.1) is 0 Å². The molecule has 0 amide bonds. The zero-order chi connectivity index (χ0) is 15.8. The molecular weight excluding hydrogens is 285 g/mol. The molecule has 0 aliphatic carbocycles. The Balaban J connectivity index is 1.97. The van der Waals surface area contributed by atoms with Gasteiger partial charge in [0.15, 0.2) is 5.82 Å². The third-order valence-corrected chi connectivity index (χ3v) is 4.17. The first-order valence-electron chi connectivity index (χ1n) is 7.67. The molecule has 0 aliphatic rings. The van der Waals surface area contributed by atoms with Crippen LogP contribution in [0.3, 0.4) is 0 Å². The monoisotopic (exact) mass is 301 g/mol. The lowest BCUT2D eigenvalue weighted by molar-refractivity contribution is 0.643. The fourth-order valence-corrected chi connectivity index (χ4v) is 3.03. The number of H-pyrrole nitrogens is 1. The molecule has 112 valence electrons. The highest BCUT2D eigenvalue weighted by molar-refractivity contribution is 5.91. The van der Waals surface area contributed by atoms with Gasteiger partial charge in [0.1, 0.15) is 0 Å². The van der Waals surface area contributed by atoms with Gasteiger partial charge in [0.05, 0.1) is 5.69 Å². The number of aryl methyl sites for hydroxylation is 1. The minimum absolute atomic E-state index is 0.188. The van der Waals surface area contributed by atoms with Crippen LogP contribution in [-0.4, -0.2) is 4.98 Å². The fraction of sp³-hybridized carbons (Fsp3) is 0.0476. The second kappa shape index (κ2) is 5.40. The fourth-order valence-electron chi connectivity index (χ4n) is 3.03. The summed E-state index contributed by atoms with van der Waals surface area (Å²) in [6.45, 7) is 1.98. The average molecular weight is 301 g/mol. The van der Waals surface area contributed by atoms with Crippen LogP contribution in [0.5, 0.6) is 0 Å². The Morgan fingerprint density at radius 3 is 2.26 bits per heavy atom. The molecule has 4 aromatic rings. The molecule has 2 heteroatoms. The standard InChI is InChI=1S/C21H16FN/c1-14-11-12-19-18(13-14)20(22)21(23-19)17-10-6-5-9-16(17)15-7-3-2-4-8-15/h2-13,23H,1H3. The van der Waals surface area contributed by atoms with E-state index in [1.807, 2.05) is 79.7 Å². The topological polar surface area (TPSA) is 15.8 Å². The Bertz CT molecular complexity index is 983. The average Bonchev–Trinajstić information content (AvgIpc) is 2.92. The molecule has 0 fully saturated rings. The minimum atomic E-state index is -0.188. The summed E-state index contributed by atoms with van der Waals surface area (Å²) in [5, 5.41) is 0.642. The first-order chi connectivity index (χ1) is 11.2. The molecule has 23 heavy (non-hydrogen) atoms. The summed E-state index contributed by atoms with van der Waals surface area (Å²) < 4.78 is 15.0. The van der Waals surface area contributed by atoms with E-state index in [1.54, 1.807) is 0 Å². The summed E-state index contributed by atoms with van der Waals surface area (Å²) in [7, 11) is 0. The lowest BCUT2D eigenvalue weighted by Crippen LogP contribution is -1.87. The molecule has 4 rings (SSSR count). The predicted octanol–water partition coefficient (Wildman–Crippen LogP) is 5.95. The highest BCUT2D eigenvalue weighted by Crippen LogP contribution is 2.35. The molecule has 0 radical (unpaired) electrons. The van der Waals surface area contributed by atoms with E-state index in [0.29, 0.717) is 11.1 Å². The largest absolute Gasteiger partial charge is 0.352 e. The smallest absolute Gasteiger partial charge is 0.156 e. The summed E-state index contributed by atoms with van der Waals surface area (Å²) in [4.78, 5) is 3.24. The van der Waals surface area contributed by atoms with E-state index in [0.717, 1.165) is 27.8 Å². The van der Waals surface area contributed by atoms with Gasteiger partial charge in [-0.3, -0.25) is 0 Å². The molecule has 1 N–H and O–H groups in total. The van der Waals surface area contributed by atoms with Crippen molar-refractivity contribution < 1.29 is 4.39 Å². The van der Waals surface area contributed by atoms with Crippen molar-refractivity contribution in [2.24, 2.45) is 0 Å². The van der Waals surface area contributed by atoms with Gasteiger partial charge in [-0.05, 0) is 30.2 Å². The molecule has 3 aromatic carbocycles. The molecule has 1 nitrogen and oxygen atoms in total. The van der Waals surface area contributed by atoms with Gasteiger partial charge < -0.3 is 4.98 Å². The maximum atomic E-state index is 15.0. The van der Waals surface area contributed by atoms with Gasteiger partial charge in [-0.1, -0.05) is 66.2 Å². The van der Waals surface area contributed by atoms with Gasteiger partial charge in [-0.25, -0.2) is 4.39 Å². The highest BCUT2D eigenvalue weighted by atomic mass is 19.1. The van der Waals surface area contributed by atoms with E-state index in [-0.39, 0.29) is 5.82 Å². The minimum Gasteiger partial charge on any atom is -0.352 e. The van der Waals surface area contributed by atoms with Crippen molar-refractivity contribution in [3.8, 4) is 22.4 Å². The quantitative estimate of drug-likeness (QED) is 0.471. The third-order valence-electron chi connectivity index (χ3n) is 4.17. The zero-order valence-corrected chi connectivity index (χ0v) is 12.8. The first-order valence-corrected chi connectivity index (χ1v) is 7.67. The summed E-state index contributed by atoms with van der Waals surface area (Å²) in [5.74, 6) is -0.188. The normalized spacial score (nSPS) is 11.0. The maximum absolute atomic E-state index is 15.0. The summed E-state index contributed by atoms with van der Waals surface area (Å²) in [6.07, 6.45) is 0. The Labute approximate surface area is 134 Å². The number of hydrogen-bond donors (Lipinski definition) is 1. The van der Waals surface area contributed by atoms with E-state index in [4.69, 9.17) is 0 Å². The van der Waals surface area contributed by atoms with Crippen LogP contribution < -0.4 is 0 Å². The van der Waals surface area contributed by atoms with Gasteiger partial charge >= 0.3 is 0 Å². The molecule has 0 aliphatic heterocycles. The van der Waals surface area contributed by atoms with Crippen LogP contribution in [0.25, 0.3) is 33.3 Å². The van der Waals surface area contributed by atoms with Crippen LogP contribution in [0.2, 0.25) is 0 Å². The van der Waals surface area contributed by atoms with E-state index in [2.05, 4.69) is 4.98 Å². The second-order valence-electron chi connectivity index (χ2n) is 5.77. The second-order valence-corrected chi connectivity index (χ2v) is 5.77. The summed E-state index contributed by atoms with van der Waals surface area (Å²) in [6, 6.07) is 23.8. The lowest BCUT2D eigenvalue weighted by Gasteiger charge is -2.08. The van der Waals surface area contributed by atoms with Crippen LogP contribution in [0.4, 0.5) is 4.39 Å². The molecule has 1 aromatic heterocycles. The van der Waals surface area contributed by atoms with Crippen LogP contribution in [0.1, 0.15) is 5.56 Å². The molecular formula is C21H16FN. The van der Waals surface area contributed by atoms with Gasteiger partial charge in [0.25, 0.3) is 0 Å². The Morgan fingerprint density at radius 1 is 0.783 bits per heavy atom. The molecule has 0 bridgehead atoms. The maximum Gasteiger partial charge on any atom is 0.156 e. The lowest BCUT2D eigenvalue weighted by atomic mass is 9.97. The van der Waals surface area contributed by atoms with E-state index in [9.17, 15) is 4.39 Å². The number of halogens is 1. The Kier molecular flexibility index (Phi) is 3.23. The van der Waals surface area contributed by atoms with Crippen LogP contribution in [0.15, 0.2) is 72.8 Å². The van der Waals surface area contributed by atoms with Crippen LogP contribution in [0, 0.1) is 12.7 Å². The predicted molar refractivity (Wildman–Crippen MR) is 93.9 cm³/mol. The van der Waals surface area contributed by atoms with Crippen molar-refractivity contribution in [2.45, 2.75) is 6.92 Å². The molecule has 0 saturated carbocycles. The van der Waals surface area contributed by atoms with E-state index < -0.39 is 0 Å². The number of hydrogen-bond acceptors (Lipinski definition) is 0. The molecule has 1 heterocycles. The molecule has 0 atom stereocenters. The van der Waals surface area contributed by atoms with Gasteiger partial charge in [-0.2, -0.15) is 0 Å². The van der Waals surface area contributed by atoms with Crippen molar-refractivity contribution >= 4 is 10.9 Å². The number of aromatic amines is 1. The van der Waals surface area contributed by atoms with Gasteiger partial charge in [0.2, 0.25) is 0 Å². The van der Waals surface area contributed by atoms with Crippen molar-refractivity contribution in [3.63, 3.8) is 0 Å². The van der Waals surface area contributed by atoms with Crippen molar-refractivity contribution in [3.05, 3.63) is 84.2 Å². The number of rotatable bonds is 2. The zero-order valence-electron chi connectivity index (χ0n) is 12.8. The third kappa shape index (κ3) is 2.33.